The Morgan fingerprint density at radius 2 is 1.89 bits per heavy atom. The molecule has 1 unspecified atom stereocenters. The fourth-order valence-electron chi connectivity index (χ4n) is 3.65. The maximum absolute atomic E-state index is 13.5. The molecule has 4 nitrogen and oxygen atoms in total. The number of hydrogen-bond acceptors (Lipinski definition) is 2. The minimum atomic E-state index is -4.20. The second kappa shape index (κ2) is 7.66. The molecule has 1 heterocycles. The summed E-state index contributed by atoms with van der Waals surface area (Å²) in [6.45, 7) is 3.52. The average Bonchev–Trinajstić information content (AvgIpc) is 3.42. The summed E-state index contributed by atoms with van der Waals surface area (Å²) in [6.07, 6.45) is -2.24. The van der Waals surface area contributed by atoms with Crippen LogP contribution in [0.15, 0.2) is 29.3 Å². The number of nitrogens with one attached hydrogen (secondary N) is 1. The van der Waals surface area contributed by atoms with Gasteiger partial charge in [-0.05, 0) is 37.5 Å². The number of piperazine rings is 1. The van der Waals surface area contributed by atoms with E-state index in [9.17, 15) is 17.6 Å². The molecule has 0 aromatic heterocycles. The van der Waals surface area contributed by atoms with Crippen molar-refractivity contribution in [1.82, 2.24) is 15.1 Å². The Balaban J connectivity index is 1.55. The highest BCUT2D eigenvalue weighted by atomic mass is 19.4. The summed E-state index contributed by atoms with van der Waals surface area (Å²) >= 11 is 0. The van der Waals surface area contributed by atoms with Gasteiger partial charge in [-0.3, -0.25) is 9.89 Å². The predicted octanol–water partition coefficient (Wildman–Crippen LogP) is 3.00. The van der Waals surface area contributed by atoms with Crippen LogP contribution < -0.4 is 5.32 Å². The maximum atomic E-state index is 13.5. The molecule has 0 amide bonds. The van der Waals surface area contributed by atoms with Crippen molar-refractivity contribution in [2.45, 2.75) is 37.4 Å². The first-order chi connectivity index (χ1) is 12.7. The molecular formula is C19H26F4N4. The molecule has 8 heteroatoms. The summed E-state index contributed by atoms with van der Waals surface area (Å²) < 4.78 is 52.2. The Morgan fingerprint density at radius 1 is 1.22 bits per heavy atom. The summed E-state index contributed by atoms with van der Waals surface area (Å²) in [7, 11) is 1.68. The van der Waals surface area contributed by atoms with Gasteiger partial charge in [0.25, 0.3) is 0 Å². The minimum absolute atomic E-state index is 0.0787. The van der Waals surface area contributed by atoms with Crippen molar-refractivity contribution in [3.8, 4) is 0 Å². The van der Waals surface area contributed by atoms with E-state index >= 15 is 0 Å². The van der Waals surface area contributed by atoms with Crippen LogP contribution in [0.1, 0.15) is 25.3 Å². The molecule has 1 atom stereocenters. The zero-order valence-electron chi connectivity index (χ0n) is 15.7. The van der Waals surface area contributed by atoms with E-state index in [0.717, 1.165) is 18.4 Å². The first kappa shape index (κ1) is 19.9. The molecule has 27 heavy (non-hydrogen) atoms. The van der Waals surface area contributed by atoms with Crippen LogP contribution in [0.3, 0.4) is 0 Å². The van der Waals surface area contributed by atoms with Gasteiger partial charge >= 0.3 is 6.18 Å². The molecule has 1 aliphatic heterocycles. The number of aliphatic imine (C=N–C) groups is 1. The van der Waals surface area contributed by atoms with Crippen molar-refractivity contribution in [2.75, 3.05) is 39.8 Å². The summed E-state index contributed by atoms with van der Waals surface area (Å²) in [5.41, 5.74) is 0.902. The Kier molecular flexibility index (Phi) is 5.65. The number of alkyl halides is 3. The maximum Gasteiger partial charge on any atom is 0.403 e. The van der Waals surface area contributed by atoms with Crippen molar-refractivity contribution >= 4 is 5.96 Å². The third kappa shape index (κ3) is 4.54. The molecule has 1 saturated carbocycles. The fourth-order valence-corrected chi connectivity index (χ4v) is 3.65. The number of hydrogen-bond donors (Lipinski definition) is 1. The molecular weight excluding hydrogens is 360 g/mol. The molecule has 3 rings (SSSR count). The van der Waals surface area contributed by atoms with Crippen LogP contribution in [-0.4, -0.2) is 67.7 Å². The van der Waals surface area contributed by atoms with E-state index in [-0.39, 0.29) is 11.2 Å². The van der Waals surface area contributed by atoms with Crippen LogP contribution in [0.25, 0.3) is 0 Å². The number of halogens is 4. The SMILES string of the molecule is CN=C(NCC1(c2cccc(F)c2)CC1)N1CCN(C(C)C(F)(F)F)CC1. The Morgan fingerprint density at radius 3 is 2.41 bits per heavy atom. The normalized spacial score (nSPS) is 21.9. The number of nitrogens with zero attached hydrogens (tertiary/aromatic N) is 3. The number of benzene rings is 1. The Hall–Kier alpha value is -1.83. The standard InChI is InChI=1S/C19H26F4N4/c1-14(19(21,22)23)26-8-10-27(11-9-26)17(24-2)25-13-18(6-7-18)15-4-3-5-16(20)12-15/h3-5,12,14H,6-11,13H2,1-2H3,(H,24,25). The van der Waals surface area contributed by atoms with E-state index in [1.54, 1.807) is 19.2 Å². The highest BCUT2D eigenvalue weighted by Gasteiger charge is 2.45. The van der Waals surface area contributed by atoms with Gasteiger partial charge in [0.1, 0.15) is 11.9 Å². The molecule has 2 aliphatic rings. The van der Waals surface area contributed by atoms with Gasteiger partial charge < -0.3 is 10.2 Å². The van der Waals surface area contributed by atoms with Crippen molar-refractivity contribution in [3.63, 3.8) is 0 Å². The van der Waals surface area contributed by atoms with Crippen LogP contribution in [0, 0.1) is 5.82 Å². The lowest BCUT2D eigenvalue weighted by molar-refractivity contribution is -0.181. The molecule has 1 saturated heterocycles. The van der Waals surface area contributed by atoms with Crippen LogP contribution in [0.5, 0.6) is 0 Å². The average molecular weight is 386 g/mol. The molecule has 2 fully saturated rings. The zero-order valence-corrected chi connectivity index (χ0v) is 15.7. The van der Waals surface area contributed by atoms with Crippen molar-refractivity contribution in [2.24, 2.45) is 4.99 Å². The first-order valence-corrected chi connectivity index (χ1v) is 9.28. The lowest BCUT2D eigenvalue weighted by atomic mass is 9.96. The predicted molar refractivity (Wildman–Crippen MR) is 97.3 cm³/mol. The number of rotatable bonds is 4. The molecule has 0 bridgehead atoms. The summed E-state index contributed by atoms with van der Waals surface area (Å²) in [5, 5.41) is 3.35. The molecule has 0 spiro atoms. The molecule has 0 radical (unpaired) electrons. The largest absolute Gasteiger partial charge is 0.403 e. The second-order valence-electron chi connectivity index (χ2n) is 7.43. The van der Waals surface area contributed by atoms with Crippen LogP contribution in [0.2, 0.25) is 0 Å². The highest BCUT2D eigenvalue weighted by molar-refractivity contribution is 5.80. The van der Waals surface area contributed by atoms with Crippen LogP contribution in [-0.2, 0) is 5.41 Å². The first-order valence-electron chi connectivity index (χ1n) is 9.28. The molecule has 1 aliphatic carbocycles. The van der Waals surface area contributed by atoms with Crippen LogP contribution in [0.4, 0.5) is 17.6 Å². The van der Waals surface area contributed by atoms with Crippen LogP contribution >= 0.6 is 0 Å². The van der Waals surface area contributed by atoms with Gasteiger partial charge in [0, 0.05) is 45.2 Å². The van der Waals surface area contributed by atoms with E-state index < -0.39 is 12.2 Å². The van der Waals surface area contributed by atoms with E-state index in [0.29, 0.717) is 38.7 Å². The van der Waals surface area contributed by atoms with E-state index in [4.69, 9.17) is 0 Å². The third-order valence-corrected chi connectivity index (χ3v) is 5.72. The van der Waals surface area contributed by atoms with E-state index in [1.165, 1.54) is 17.9 Å². The van der Waals surface area contributed by atoms with Gasteiger partial charge in [0.05, 0.1) is 0 Å². The smallest absolute Gasteiger partial charge is 0.355 e. The summed E-state index contributed by atoms with van der Waals surface area (Å²) in [6, 6.07) is 5.25. The Bertz CT molecular complexity index is 677. The molecule has 1 N–H and O–H groups in total. The quantitative estimate of drug-likeness (QED) is 0.490. The van der Waals surface area contributed by atoms with Crippen molar-refractivity contribution < 1.29 is 17.6 Å². The fraction of sp³-hybridized carbons (Fsp3) is 0.632. The molecule has 1 aromatic carbocycles. The topological polar surface area (TPSA) is 30.9 Å². The van der Waals surface area contributed by atoms with Gasteiger partial charge in [-0.25, -0.2) is 4.39 Å². The monoisotopic (exact) mass is 386 g/mol. The summed E-state index contributed by atoms with van der Waals surface area (Å²) in [5.74, 6) is 0.454. The second-order valence-corrected chi connectivity index (χ2v) is 7.43. The molecule has 1 aromatic rings. The highest BCUT2D eigenvalue weighted by Crippen LogP contribution is 2.47. The zero-order chi connectivity index (χ0) is 19.7. The van der Waals surface area contributed by atoms with E-state index in [1.807, 2.05) is 11.0 Å². The lowest BCUT2D eigenvalue weighted by Crippen LogP contribution is -2.57. The van der Waals surface area contributed by atoms with E-state index in [2.05, 4.69) is 10.3 Å². The molecule has 150 valence electrons. The van der Waals surface area contributed by atoms with Gasteiger partial charge in [-0.15, -0.1) is 0 Å². The van der Waals surface area contributed by atoms with Gasteiger partial charge in [0.2, 0.25) is 0 Å². The summed E-state index contributed by atoms with van der Waals surface area (Å²) in [4.78, 5) is 7.73. The van der Waals surface area contributed by atoms with Crippen molar-refractivity contribution in [1.29, 1.82) is 0 Å². The van der Waals surface area contributed by atoms with Crippen molar-refractivity contribution in [3.05, 3.63) is 35.6 Å². The number of guanidine groups is 1. The third-order valence-electron chi connectivity index (χ3n) is 5.72. The van der Waals surface area contributed by atoms with Gasteiger partial charge in [0.15, 0.2) is 5.96 Å². The Labute approximate surface area is 157 Å². The lowest BCUT2D eigenvalue weighted by Gasteiger charge is -2.40. The van der Waals surface area contributed by atoms with Gasteiger partial charge in [-0.1, -0.05) is 12.1 Å². The van der Waals surface area contributed by atoms with Gasteiger partial charge in [-0.2, -0.15) is 13.2 Å². The minimum Gasteiger partial charge on any atom is -0.355 e.